The van der Waals surface area contributed by atoms with Gasteiger partial charge in [0.2, 0.25) is 0 Å². The highest BCUT2D eigenvalue weighted by Crippen LogP contribution is 2.30. The molecule has 0 aliphatic heterocycles. The fourth-order valence-electron chi connectivity index (χ4n) is 2.56. The zero-order valence-corrected chi connectivity index (χ0v) is 10.9. The summed E-state index contributed by atoms with van der Waals surface area (Å²) in [6.07, 6.45) is 0. The van der Waals surface area contributed by atoms with Gasteiger partial charge in [0, 0.05) is 26.6 Å². The minimum Gasteiger partial charge on any atom is -0.247 e. The second-order valence-corrected chi connectivity index (χ2v) is 5.06. The van der Waals surface area contributed by atoms with E-state index in [1.54, 1.807) is 0 Å². The Morgan fingerprint density at radius 3 is 2.58 bits per heavy atom. The summed E-state index contributed by atoms with van der Waals surface area (Å²) in [5, 5.41) is 5.24. The Balaban J connectivity index is 2.26. The van der Waals surface area contributed by atoms with Crippen LogP contribution in [-0.2, 0) is 0 Å². The molecule has 0 spiro atoms. The summed E-state index contributed by atoms with van der Waals surface area (Å²) in [6, 6.07) is 20.5. The molecule has 90 valence electrons. The van der Waals surface area contributed by atoms with Crippen molar-refractivity contribution in [2.24, 2.45) is 0 Å². The van der Waals surface area contributed by atoms with Gasteiger partial charge in [-0.15, -0.1) is 0 Å². The molecule has 0 saturated heterocycles. The van der Waals surface area contributed by atoms with Crippen molar-refractivity contribution in [1.82, 2.24) is 4.98 Å². The Kier molecular flexibility index (Phi) is 2.23. The standard InChI is InChI=1S/C17H10ClN/c18-15-6-3-5-14-13(15)9-8-12-10-11-4-1-2-7-16(11)19-17(12)14/h1-10H. The third-order valence-electron chi connectivity index (χ3n) is 3.49. The Labute approximate surface area is 115 Å². The number of nitrogens with zero attached hydrogens (tertiary/aromatic N) is 1. The SMILES string of the molecule is Clc1cccc2c1ccc1cc3ccccc3nc12. The molecule has 0 atom stereocenters. The van der Waals surface area contributed by atoms with Crippen LogP contribution in [0.1, 0.15) is 0 Å². The maximum Gasteiger partial charge on any atom is 0.0788 e. The molecule has 2 heteroatoms. The van der Waals surface area contributed by atoms with Crippen LogP contribution >= 0.6 is 11.6 Å². The average Bonchev–Trinajstić information content (AvgIpc) is 2.45. The van der Waals surface area contributed by atoms with E-state index in [4.69, 9.17) is 16.6 Å². The number of pyridine rings is 1. The highest BCUT2D eigenvalue weighted by atomic mass is 35.5. The van der Waals surface area contributed by atoms with Crippen molar-refractivity contribution in [3.63, 3.8) is 0 Å². The lowest BCUT2D eigenvalue weighted by Gasteiger charge is -2.06. The van der Waals surface area contributed by atoms with Crippen molar-refractivity contribution in [3.05, 3.63) is 65.7 Å². The Morgan fingerprint density at radius 2 is 1.63 bits per heavy atom. The third-order valence-corrected chi connectivity index (χ3v) is 3.82. The van der Waals surface area contributed by atoms with Gasteiger partial charge in [-0.3, -0.25) is 0 Å². The van der Waals surface area contributed by atoms with Crippen LogP contribution in [0.3, 0.4) is 0 Å². The van der Waals surface area contributed by atoms with Crippen LogP contribution < -0.4 is 0 Å². The lowest BCUT2D eigenvalue weighted by atomic mass is 10.0. The van der Waals surface area contributed by atoms with Gasteiger partial charge in [-0.05, 0) is 18.2 Å². The number of rotatable bonds is 0. The summed E-state index contributed by atoms with van der Waals surface area (Å²) in [4.78, 5) is 4.79. The molecule has 1 aromatic heterocycles. The molecule has 0 amide bonds. The van der Waals surface area contributed by atoms with Crippen LogP contribution in [0.2, 0.25) is 5.02 Å². The Bertz CT molecular complexity index is 928. The van der Waals surface area contributed by atoms with E-state index in [9.17, 15) is 0 Å². The number of para-hydroxylation sites is 1. The van der Waals surface area contributed by atoms with Crippen LogP contribution in [0, 0.1) is 0 Å². The molecular formula is C17H10ClN. The first-order valence-corrected chi connectivity index (χ1v) is 6.57. The highest BCUT2D eigenvalue weighted by Gasteiger charge is 2.05. The lowest BCUT2D eigenvalue weighted by Crippen LogP contribution is -1.84. The molecule has 0 aliphatic rings. The largest absolute Gasteiger partial charge is 0.247 e. The van der Waals surface area contributed by atoms with E-state index in [1.165, 1.54) is 0 Å². The van der Waals surface area contributed by atoms with Gasteiger partial charge in [-0.25, -0.2) is 4.98 Å². The molecule has 1 heterocycles. The lowest BCUT2D eigenvalue weighted by molar-refractivity contribution is 1.52. The van der Waals surface area contributed by atoms with E-state index in [-0.39, 0.29) is 0 Å². The summed E-state index contributed by atoms with van der Waals surface area (Å²) < 4.78 is 0. The number of hydrogen-bond donors (Lipinski definition) is 0. The van der Waals surface area contributed by atoms with E-state index in [0.29, 0.717) is 0 Å². The summed E-state index contributed by atoms with van der Waals surface area (Å²) in [5.41, 5.74) is 2.03. The molecule has 1 nitrogen and oxygen atoms in total. The smallest absolute Gasteiger partial charge is 0.0788 e. The maximum absolute atomic E-state index is 6.25. The third kappa shape index (κ3) is 1.59. The van der Waals surface area contributed by atoms with Gasteiger partial charge in [0.05, 0.1) is 11.0 Å². The van der Waals surface area contributed by atoms with Crippen LogP contribution in [-0.4, -0.2) is 4.98 Å². The molecule has 3 aromatic carbocycles. The zero-order chi connectivity index (χ0) is 12.8. The summed E-state index contributed by atoms with van der Waals surface area (Å²) in [6.45, 7) is 0. The van der Waals surface area contributed by atoms with Crippen LogP contribution in [0.5, 0.6) is 0 Å². The number of halogens is 1. The molecule has 0 aliphatic carbocycles. The first-order valence-electron chi connectivity index (χ1n) is 6.20. The molecule has 4 rings (SSSR count). The van der Waals surface area contributed by atoms with E-state index in [2.05, 4.69) is 30.3 Å². The molecule has 0 saturated carbocycles. The summed E-state index contributed by atoms with van der Waals surface area (Å²) in [7, 11) is 0. The predicted molar refractivity (Wildman–Crippen MR) is 81.8 cm³/mol. The quantitative estimate of drug-likeness (QED) is 0.314. The zero-order valence-electron chi connectivity index (χ0n) is 10.1. The monoisotopic (exact) mass is 263 g/mol. The molecule has 0 bridgehead atoms. The number of fused-ring (bicyclic) bond motifs is 4. The summed E-state index contributed by atoms with van der Waals surface area (Å²) >= 11 is 6.25. The molecular weight excluding hydrogens is 254 g/mol. The minimum absolute atomic E-state index is 0.773. The topological polar surface area (TPSA) is 12.9 Å². The molecule has 0 fully saturated rings. The van der Waals surface area contributed by atoms with Crippen molar-refractivity contribution in [1.29, 1.82) is 0 Å². The highest BCUT2D eigenvalue weighted by molar-refractivity contribution is 6.36. The maximum atomic E-state index is 6.25. The minimum atomic E-state index is 0.773. The van der Waals surface area contributed by atoms with Gasteiger partial charge < -0.3 is 0 Å². The molecule has 0 unspecified atom stereocenters. The van der Waals surface area contributed by atoms with E-state index >= 15 is 0 Å². The first-order chi connectivity index (χ1) is 9.33. The fraction of sp³-hybridized carbons (Fsp3) is 0. The second-order valence-electron chi connectivity index (χ2n) is 4.65. The Morgan fingerprint density at radius 1 is 0.737 bits per heavy atom. The van der Waals surface area contributed by atoms with Crippen molar-refractivity contribution >= 4 is 44.2 Å². The van der Waals surface area contributed by atoms with Crippen molar-refractivity contribution in [3.8, 4) is 0 Å². The van der Waals surface area contributed by atoms with Crippen molar-refractivity contribution in [2.75, 3.05) is 0 Å². The van der Waals surface area contributed by atoms with Crippen LogP contribution in [0.25, 0.3) is 32.6 Å². The number of benzene rings is 3. The van der Waals surface area contributed by atoms with E-state index < -0.39 is 0 Å². The average molecular weight is 264 g/mol. The molecule has 0 N–H and O–H groups in total. The first kappa shape index (κ1) is 10.8. The molecule has 19 heavy (non-hydrogen) atoms. The van der Waals surface area contributed by atoms with Crippen molar-refractivity contribution < 1.29 is 0 Å². The molecule has 0 radical (unpaired) electrons. The normalized spacial score (nSPS) is 11.4. The van der Waals surface area contributed by atoms with Gasteiger partial charge in [0.25, 0.3) is 0 Å². The van der Waals surface area contributed by atoms with Crippen LogP contribution in [0.4, 0.5) is 0 Å². The van der Waals surface area contributed by atoms with Gasteiger partial charge >= 0.3 is 0 Å². The second kappa shape index (κ2) is 3.94. The van der Waals surface area contributed by atoms with Crippen molar-refractivity contribution in [2.45, 2.75) is 0 Å². The van der Waals surface area contributed by atoms with Gasteiger partial charge in [-0.1, -0.05) is 54.1 Å². The predicted octanol–water partition coefficient (Wildman–Crippen LogP) is 5.19. The van der Waals surface area contributed by atoms with Gasteiger partial charge in [0.1, 0.15) is 0 Å². The summed E-state index contributed by atoms with van der Waals surface area (Å²) in [5.74, 6) is 0. The number of hydrogen-bond acceptors (Lipinski definition) is 1. The van der Waals surface area contributed by atoms with Crippen LogP contribution in [0.15, 0.2) is 60.7 Å². The van der Waals surface area contributed by atoms with Gasteiger partial charge in [0.15, 0.2) is 0 Å². The van der Waals surface area contributed by atoms with Gasteiger partial charge in [-0.2, -0.15) is 0 Å². The van der Waals surface area contributed by atoms with E-state index in [0.717, 1.165) is 37.6 Å². The van der Waals surface area contributed by atoms with E-state index in [1.807, 2.05) is 30.3 Å². The molecule has 4 aromatic rings. The number of aromatic nitrogens is 1. The fourth-order valence-corrected chi connectivity index (χ4v) is 2.80. The Hall–Kier alpha value is -2.12.